The number of rotatable bonds is 9. The van der Waals surface area contributed by atoms with Crippen molar-refractivity contribution in [2.45, 2.75) is 58.2 Å². The lowest BCUT2D eigenvalue weighted by molar-refractivity contribution is 0.0962. The Kier molecular flexibility index (Phi) is 7.44. The molecule has 0 saturated heterocycles. The SMILES string of the molecule is CNC(=O)c1c(NC2CCCC2)cn(Cc2ccc(C(N)=O)cc2)c1N(c1ccccc1)C(C)C. The molecule has 1 saturated carbocycles. The molecule has 2 amide bonds. The molecule has 0 bridgehead atoms. The molecule has 0 aliphatic heterocycles. The van der Waals surface area contributed by atoms with Gasteiger partial charge in [0.1, 0.15) is 11.4 Å². The van der Waals surface area contributed by atoms with Gasteiger partial charge in [0.2, 0.25) is 5.91 Å². The highest BCUT2D eigenvalue weighted by atomic mass is 16.2. The molecule has 0 spiro atoms. The van der Waals surface area contributed by atoms with E-state index in [0.717, 1.165) is 35.6 Å². The molecule has 1 aliphatic carbocycles. The molecule has 2 aromatic carbocycles. The van der Waals surface area contributed by atoms with Gasteiger partial charge < -0.3 is 25.8 Å². The summed E-state index contributed by atoms with van der Waals surface area (Å²) in [6.45, 7) is 4.80. The predicted octanol–water partition coefficient (Wildman–Crippen LogP) is 4.90. The van der Waals surface area contributed by atoms with Crippen LogP contribution in [0.15, 0.2) is 60.8 Å². The molecule has 4 N–H and O–H groups in total. The van der Waals surface area contributed by atoms with Crippen molar-refractivity contribution in [2.24, 2.45) is 5.73 Å². The fourth-order valence-electron chi connectivity index (χ4n) is 4.90. The van der Waals surface area contributed by atoms with Gasteiger partial charge in [-0.15, -0.1) is 0 Å². The molecule has 0 unspecified atom stereocenters. The molecule has 0 radical (unpaired) electrons. The number of anilines is 3. The number of nitrogens with zero attached hydrogens (tertiary/aromatic N) is 2. The van der Waals surface area contributed by atoms with Crippen molar-refractivity contribution >= 4 is 29.0 Å². The largest absolute Gasteiger partial charge is 0.380 e. The number of carbonyl (C=O) groups is 2. The zero-order valence-electron chi connectivity index (χ0n) is 20.8. The van der Waals surface area contributed by atoms with Crippen molar-refractivity contribution in [1.29, 1.82) is 0 Å². The number of benzene rings is 2. The summed E-state index contributed by atoms with van der Waals surface area (Å²) in [5, 5.41) is 6.53. The van der Waals surface area contributed by atoms with Crippen LogP contribution in [0.25, 0.3) is 0 Å². The zero-order valence-corrected chi connectivity index (χ0v) is 20.8. The van der Waals surface area contributed by atoms with Crippen molar-refractivity contribution in [3.63, 3.8) is 0 Å². The van der Waals surface area contributed by atoms with Crippen LogP contribution in [-0.2, 0) is 6.54 Å². The van der Waals surface area contributed by atoms with E-state index < -0.39 is 5.91 Å². The quantitative estimate of drug-likeness (QED) is 0.412. The van der Waals surface area contributed by atoms with Crippen LogP contribution in [0, 0.1) is 0 Å². The first-order chi connectivity index (χ1) is 16.9. The molecular formula is C28H35N5O2. The van der Waals surface area contributed by atoms with Gasteiger partial charge in [-0.1, -0.05) is 43.2 Å². The molecule has 1 aliphatic rings. The number of nitrogens with two attached hydrogens (primary N) is 1. The second-order valence-electron chi connectivity index (χ2n) is 9.43. The molecule has 7 heteroatoms. The van der Waals surface area contributed by atoms with Crippen LogP contribution in [0.3, 0.4) is 0 Å². The third-order valence-corrected chi connectivity index (χ3v) is 6.59. The topological polar surface area (TPSA) is 92.4 Å². The molecule has 1 aromatic heterocycles. The van der Waals surface area contributed by atoms with E-state index in [4.69, 9.17) is 5.73 Å². The van der Waals surface area contributed by atoms with Gasteiger partial charge in [-0.2, -0.15) is 0 Å². The van der Waals surface area contributed by atoms with Gasteiger partial charge in [-0.05, 0) is 56.5 Å². The molecular weight excluding hydrogens is 438 g/mol. The third kappa shape index (κ3) is 5.34. The maximum atomic E-state index is 13.3. The molecule has 0 atom stereocenters. The van der Waals surface area contributed by atoms with E-state index in [9.17, 15) is 9.59 Å². The van der Waals surface area contributed by atoms with Gasteiger partial charge in [0.25, 0.3) is 5.91 Å². The van der Waals surface area contributed by atoms with E-state index in [0.29, 0.717) is 23.7 Å². The Morgan fingerprint density at radius 3 is 2.29 bits per heavy atom. The first-order valence-corrected chi connectivity index (χ1v) is 12.3. The summed E-state index contributed by atoms with van der Waals surface area (Å²) in [5.74, 6) is 0.271. The predicted molar refractivity (Wildman–Crippen MR) is 141 cm³/mol. The Morgan fingerprint density at radius 1 is 1.06 bits per heavy atom. The van der Waals surface area contributed by atoms with E-state index in [-0.39, 0.29) is 11.9 Å². The maximum Gasteiger partial charge on any atom is 0.256 e. The van der Waals surface area contributed by atoms with E-state index in [1.54, 1.807) is 19.2 Å². The van der Waals surface area contributed by atoms with Crippen molar-refractivity contribution in [2.75, 3.05) is 17.3 Å². The van der Waals surface area contributed by atoms with Crippen LogP contribution >= 0.6 is 0 Å². The smallest absolute Gasteiger partial charge is 0.256 e. The number of hydrogen-bond acceptors (Lipinski definition) is 4. The van der Waals surface area contributed by atoms with E-state index >= 15 is 0 Å². The van der Waals surface area contributed by atoms with Crippen LogP contribution in [0.4, 0.5) is 17.2 Å². The molecule has 35 heavy (non-hydrogen) atoms. The lowest BCUT2D eigenvalue weighted by Gasteiger charge is -2.31. The first-order valence-electron chi connectivity index (χ1n) is 12.3. The van der Waals surface area contributed by atoms with Crippen molar-refractivity contribution in [3.05, 3.63) is 77.5 Å². The molecule has 184 valence electrons. The van der Waals surface area contributed by atoms with Gasteiger partial charge in [-0.25, -0.2) is 0 Å². The lowest BCUT2D eigenvalue weighted by Crippen LogP contribution is -2.31. The normalized spacial score (nSPS) is 13.7. The first kappa shape index (κ1) is 24.4. The van der Waals surface area contributed by atoms with Crippen molar-refractivity contribution in [1.82, 2.24) is 9.88 Å². The van der Waals surface area contributed by atoms with Crippen molar-refractivity contribution < 1.29 is 9.59 Å². The number of primary amides is 1. The van der Waals surface area contributed by atoms with Crippen LogP contribution < -0.4 is 21.3 Å². The summed E-state index contributed by atoms with van der Waals surface area (Å²) < 4.78 is 2.13. The van der Waals surface area contributed by atoms with Gasteiger partial charge in [-0.3, -0.25) is 9.59 Å². The Bertz CT molecular complexity index is 1160. The van der Waals surface area contributed by atoms with E-state index in [2.05, 4.69) is 52.3 Å². The highest BCUT2D eigenvalue weighted by Crippen LogP contribution is 2.38. The Morgan fingerprint density at radius 2 is 1.71 bits per heavy atom. The standard InChI is InChI=1S/C28H35N5O2/c1-19(2)33(23-11-5-4-6-12-23)28-25(27(35)30-3)24(31-22-9-7-8-10-22)18-32(28)17-20-13-15-21(16-14-20)26(29)34/h4-6,11-16,18-19,22,31H,7-10,17H2,1-3H3,(H2,29,34)(H,30,35). The summed E-state index contributed by atoms with van der Waals surface area (Å²) in [4.78, 5) is 27.1. The average molecular weight is 474 g/mol. The van der Waals surface area contributed by atoms with Crippen LogP contribution in [-0.4, -0.2) is 35.5 Å². The lowest BCUT2D eigenvalue weighted by atomic mass is 10.1. The number of amides is 2. The number of aromatic nitrogens is 1. The number of nitrogens with one attached hydrogen (secondary N) is 2. The number of para-hydroxylation sites is 1. The number of carbonyl (C=O) groups excluding carboxylic acids is 2. The highest BCUT2D eigenvalue weighted by Gasteiger charge is 2.29. The Labute approximate surface area is 207 Å². The van der Waals surface area contributed by atoms with Gasteiger partial charge in [0.15, 0.2) is 0 Å². The minimum absolute atomic E-state index is 0.103. The van der Waals surface area contributed by atoms with E-state index in [1.807, 2.05) is 30.3 Å². The zero-order chi connectivity index (χ0) is 24.9. The molecule has 7 nitrogen and oxygen atoms in total. The van der Waals surface area contributed by atoms with Crippen LogP contribution in [0.1, 0.15) is 65.8 Å². The molecule has 3 aromatic rings. The summed E-state index contributed by atoms with van der Waals surface area (Å²) in [6, 6.07) is 17.9. The Balaban J connectivity index is 1.86. The Hall–Kier alpha value is -3.74. The summed E-state index contributed by atoms with van der Waals surface area (Å²) in [5.41, 5.74) is 9.42. The molecule has 1 heterocycles. The summed E-state index contributed by atoms with van der Waals surface area (Å²) in [6.07, 6.45) is 6.67. The monoisotopic (exact) mass is 473 g/mol. The van der Waals surface area contributed by atoms with Gasteiger partial charge in [0, 0.05) is 43.1 Å². The minimum Gasteiger partial charge on any atom is -0.380 e. The third-order valence-electron chi connectivity index (χ3n) is 6.59. The minimum atomic E-state index is -0.446. The second kappa shape index (κ2) is 10.7. The fraction of sp³-hybridized carbons (Fsp3) is 0.357. The highest BCUT2D eigenvalue weighted by molar-refractivity contribution is 6.05. The molecule has 4 rings (SSSR count). The van der Waals surface area contributed by atoms with E-state index in [1.165, 1.54) is 12.8 Å². The molecule has 1 fully saturated rings. The average Bonchev–Trinajstić information content (AvgIpc) is 3.48. The summed E-state index contributed by atoms with van der Waals surface area (Å²) in [7, 11) is 1.67. The van der Waals surface area contributed by atoms with Gasteiger partial charge >= 0.3 is 0 Å². The maximum absolute atomic E-state index is 13.3. The fourth-order valence-corrected chi connectivity index (χ4v) is 4.90. The second-order valence-corrected chi connectivity index (χ2v) is 9.43. The number of hydrogen-bond donors (Lipinski definition) is 3. The van der Waals surface area contributed by atoms with Crippen LogP contribution in [0.5, 0.6) is 0 Å². The summed E-state index contributed by atoms with van der Waals surface area (Å²) >= 11 is 0. The van der Waals surface area contributed by atoms with Crippen LogP contribution in [0.2, 0.25) is 0 Å². The van der Waals surface area contributed by atoms with Gasteiger partial charge in [0.05, 0.1) is 5.69 Å². The van der Waals surface area contributed by atoms with Crippen molar-refractivity contribution in [3.8, 4) is 0 Å².